The van der Waals surface area contributed by atoms with Gasteiger partial charge in [0.1, 0.15) is 22.1 Å². The van der Waals surface area contributed by atoms with Gasteiger partial charge in [-0.15, -0.1) is 21.5 Å². The monoisotopic (exact) mass is 602 g/mol. The van der Waals surface area contributed by atoms with E-state index >= 15 is 0 Å². The molecule has 4 aromatic rings. The molecular formula is C28H28ClFN4O4S2. The standard InChI is InChI=1S/C28H28ClFN4O4S2/c1-6-34-25(17(4)38-20-11-15(2)24(29)16(3)12-20)32-33-28(34)40-14-22(35)31-26-23(27(36)37-5)21(13-39-26)18-7-9-19(30)10-8-18/h7-13,17H,6,14H2,1-5H3,(H,31,35). The molecular weight excluding hydrogens is 575 g/mol. The van der Waals surface area contributed by atoms with Crippen molar-refractivity contribution < 1.29 is 23.5 Å². The van der Waals surface area contributed by atoms with Gasteiger partial charge in [-0.3, -0.25) is 4.79 Å². The fourth-order valence-corrected chi connectivity index (χ4v) is 6.02. The van der Waals surface area contributed by atoms with Crippen LogP contribution in [0.1, 0.15) is 47.3 Å². The van der Waals surface area contributed by atoms with Crippen LogP contribution in [0, 0.1) is 19.7 Å². The summed E-state index contributed by atoms with van der Waals surface area (Å²) in [6.07, 6.45) is -0.394. The maximum atomic E-state index is 13.4. The second-order valence-corrected chi connectivity index (χ2v) is 11.1. The number of esters is 1. The van der Waals surface area contributed by atoms with Gasteiger partial charge in [-0.25, -0.2) is 9.18 Å². The highest BCUT2D eigenvalue weighted by Gasteiger charge is 2.24. The van der Waals surface area contributed by atoms with Crippen molar-refractivity contribution in [1.82, 2.24) is 14.8 Å². The minimum Gasteiger partial charge on any atom is -0.483 e. The maximum Gasteiger partial charge on any atom is 0.341 e. The van der Waals surface area contributed by atoms with Crippen LogP contribution in [0.15, 0.2) is 46.9 Å². The number of methoxy groups -OCH3 is 1. The van der Waals surface area contributed by atoms with Crippen LogP contribution in [-0.2, 0) is 16.1 Å². The van der Waals surface area contributed by atoms with E-state index in [9.17, 15) is 14.0 Å². The molecule has 0 saturated heterocycles. The summed E-state index contributed by atoms with van der Waals surface area (Å²) < 4.78 is 26.4. The lowest BCUT2D eigenvalue weighted by molar-refractivity contribution is -0.113. The number of nitrogens with one attached hydrogen (secondary N) is 1. The zero-order valence-electron chi connectivity index (χ0n) is 22.6. The van der Waals surface area contributed by atoms with Crippen molar-refractivity contribution in [2.45, 2.75) is 45.5 Å². The van der Waals surface area contributed by atoms with Gasteiger partial charge in [-0.05, 0) is 68.7 Å². The highest BCUT2D eigenvalue weighted by atomic mass is 35.5. The summed E-state index contributed by atoms with van der Waals surface area (Å²) in [5.41, 5.74) is 3.25. The Morgan fingerprint density at radius 2 is 1.85 bits per heavy atom. The Kier molecular flexibility index (Phi) is 9.49. The molecule has 0 aliphatic carbocycles. The molecule has 210 valence electrons. The van der Waals surface area contributed by atoms with Crippen molar-refractivity contribution in [3.05, 3.63) is 75.1 Å². The lowest BCUT2D eigenvalue weighted by Crippen LogP contribution is -2.17. The number of aromatic nitrogens is 3. The van der Waals surface area contributed by atoms with Crippen LogP contribution in [0.4, 0.5) is 9.39 Å². The van der Waals surface area contributed by atoms with Crippen LogP contribution < -0.4 is 10.1 Å². The minimum absolute atomic E-state index is 0.0351. The number of nitrogens with zero attached hydrogens (tertiary/aromatic N) is 3. The number of aryl methyl sites for hydroxylation is 2. The number of halogens is 2. The maximum absolute atomic E-state index is 13.4. The first kappa shape index (κ1) is 29.6. The molecule has 8 nitrogen and oxygen atoms in total. The Hall–Kier alpha value is -3.41. The van der Waals surface area contributed by atoms with Gasteiger partial charge in [0, 0.05) is 22.5 Å². The van der Waals surface area contributed by atoms with Gasteiger partial charge >= 0.3 is 5.97 Å². The van der Waals surface area contributed by atoms with E-state index in [1.807, 2.05) is 44.4 Å². The summed E-state index contributed by atoms with van der Waals surface area (Å²) >= 11 is 8.70. The Morgan fingerprint density at radius 3 is 2.48 bits per heavy atom. The molecule has 1 atom stereocenters. The number of ether oxygens (including phenoxy) is 2. The number of benzene rings is 2. The molecule has 0 radical (unpaired) electrons. The lowest BCUT2D eigenvalue weighted by atomic mass is 10.0. The average Bonchev–Trinajstić information content (AvgIpc) is 3.54. The van der Waals surface area contributed by atoms with E-state index in [-0.39, 0.29) is 23.0 Å². The fourth-order valence-electron chi connectivity index (χ4n) is 4.13. The fraction of sp³-hybridized carbons (Fsp3) is 0.286. The van der Waals surface area contributed by atoms with Crippen molar-refractivity contribution in [1.29, 1.82) is 0 Å². The number of thiophene rings is 1. The third-order valence-corrected chi connectivity index (χ3v) is 8.53. The van der Waals surface area contributed by atoms with Gasteiger partial charge in [-0.2, -0.15) is 0 Å². The molecule has 2 aromatic carbocycles. The number of thioether (sulfide) groups is 1. The quantitative estimate of drug-likeness (QED) is 0.153. The third-order valence-electron chi connectivity index (χ3n) is 6.07. The summed E-state index contributed by atoms with van der Waals surface area (Å²) in [5.74, 6) is 0.0378. The van der Waals surface area contributed by atoms with Crippen molar-refractivity contribution in [3.8, 4) is 16.9 Å². The topological polar surface area (TPSA) is 95.3 Å². The summed E-state index contributed by atoms with van der Waals surface area (Å²) in [5, 5.41) is 14.8. The van der Waals surface area contributed by atoms with E-state index in [0.717, 1.165) is 11.1 Å². The molecule has 1 amide bonds. The van der Waals surface area contributed by atoms with Gasteiger partial charge in [0.15, 0.2) is 17.1 Å². The van der Waals surface area contributed by atoms with E-state index in [2.05, 4.69) is 15.5 Å². The highest BCUT2D eigenvalue weighted by Crippen LogP contribution is 2.36. The highest BCUT2D eigenvalue weighted by molar-refractivity contribution is 7.99. The van der Waals surface area contributed by atoms with Gasteiger partial charge in [0.05, 0.1) is 12.9 Å². The van der Waals surface area contributed by atoms with Crippen LogP contribution in [0.3, 0.4) is 0 Å². The van der Waals surface area contributed by atoms with E-state index in [0.29, 0.717) is 44.4 Å². The zero-order valence-corrected chi connectivity index (χ0v) is 25.0. The van der Waals surface area contributed by atoms with E-state index < -0.39 is 12.1 Å². The molecule has 40 heavy (non-hydrogen) atoms. The number of carbonyl (C=O) groups excluding carboxylic acids is 2. The normalized spacial score (nSPS) is 11.8. The predicted molar refractivity (Wildman–Crippen MR) is 156 cm³/mol. The number of hydrogen-bond acceptors (Lipinski definition) is 8. The predicted octanol–water partition coefficient (Wildman–Crippen LogP) is 7.09. The molecule has 2 aromatic heterocycles. The number of rotatable bonds is 10. The van der Waals surface area contributed by atoms with Gasteiger partial charge in [-0.1, -0.05) is 35.5 Å². The van der Waals surface area contributed by atoms with Gasteiger partial charge in [0.2, 0.25) is 5.91 Å². The number of hydrogen-bond donors (Lipinski definition) is 1. The third kappa shape index (κ3) is 6.48. The SMILES string of the molecule is CCn1c(SCC(=O)Nc2scc(-c3ccc(F)cc3)c2C(=O)OC)nnc1C(C)Oc1cc(C)c(Cl)c(C)c1. The number of carbonyl (C=O) groups is 2. The van der Waals surface area contributed by atoms with E-state index in [1.165, 1.54) is 42.3 Å². The molecule has 0 spiro atoms. The minimum atomic E-state index is -0.598. The Morgan fingerprint density at radius 1 is 1.18 bits per heavy atom. The van der Waals surface area contributed by atoms with Crippen LogP contribution in [0.25, 0.3) is 11.1 Å². The molecule has 0 aliphatic rings. The molecule has 0 aliphatic heterocycles. The van der Waals surface area contributed by atoms with Gasteiger partial charge < -0.3 is 19.4 Å². The summed E-state index contributed by atoms with van der Waals surface area (Å²) in [6, 6.07) is 9.52. The molecule has 2 heterocycles. The molecule has 4 rings (SSSR count). The summed E-state index contributed by atoms with van der Waals surface area (Å²) in [6.45, 7) is 8.29. The second-order valence-electron chi connectivity index (χ2n) is 8.90. The zero-order chi connectivity index (χ0) is 29.0. The Bertz CT molecular complexity index is 1510. The van der Waals surface area contributed by atoms with E-state index in [1.54, 1.807) is 17.5 Å². The number of anilines is 1. The molecule has 0 fully saturated rings. The van der Waals surface area contributed by atoms with Crippen molar-refractivity contribution in [2.75, 3.05) is 18.2 Å². The molecule has 12 heteroatoms. The Labute approximate surface area is 244 Å². The smallest absolute Gasteiger partial charge is 0.341 e. The summed E-state index contributed by atoms with van der Waals surface area (Å²) in [4.78, 5) is 25.5. The summed E-state index contributed by atoms with van der Waals surface area (Å²) in [7, 11) is 1.27. The van der Waals surface area contributed by atoms with Gasteiger partial charge in [0.25, 0.3) is 0 Å². The first-order chi connectivity index (χ1) is 19.1. The van der Waals surface area contributed by atoms with Crippen LogP contribution in [0.5, 0.6) is 5.75 Å². The van der Waals surface area contributed by atoms with Crippen LogP contribution >= 0.6 is 34.7 Å². The largest absolute Gasteiger partial charge is 0.483 e. The first-order valence-corrected chi connectivity index (χ1v) is 14.6. The Balaban J connectivity index is 1.46. The molecule has 1 N–H and O–H groups in total. The van der Waals surface area contributed by atoms with E-state index in [4.69, 9.17) is 21.1 Å². The van der Waals surface area contributed by atoms with Crippen molar-refractivity contribution in [3.63, 3.8) is 0 Å². The second kappa shape index (κ2) is 12.8. The molecule has 0 saturated carbocycles. The average molecular weight is 603 g/mol. The lowest BCUT2D eigenvalue weighted by Gasteiger charge is -2.17. The number of amides is 1. The van der Waals surface area contributed by atoms with Crippen LogP contribution in [0.2, 0.25) is 5.02 Å². The van der Waals surface area contributed by atoms with Crippen molar-refractivity contribution in [2.24, 2.45) is 0 Å². The van der Waals surface area contributed by atoms with Crippen molar-refractivity contribution >= 4 is 51.6 Å². The first-order valence-electron chi connectivity index (χ1n) is 12.4. The molecule has 0 bridgehead atoms. The van der Waals surface area contributed by atoms with Crippen LogP contribution in [-0.4, -0.2) is 39.5 Å². The molecule has 1 unspecified atom stereocenters.